The standard InChI is InChI=1S/C13H20N2O/c1-10-3-6-13(16)11(9-10)4-5-12-7-8-14-15(12)2/h7-8,10-11H,3-6,9H2,1-2H3. The van der Waals surface area contributed by atoms with Crippen LogP contribution in [0.4, 0.5) is 0 Å². The van der Waals surface area contributed by atoms with Gasteiger partial charge in [-0.2, -0.15) is 5.10 Å². The summed E-state index contributed by atoms with van der Waals surface area (Å²) in [6, 6.07) is 2.04. The zero-order chi connectivity index (χ0) is 11.5. The maximum absolute atomic E-state index is 11.8. The summed E-state index contributed by atoms with van der Waals surface area (Å²) in [5.74, 6) is 1.48. The predicted octanol–water partition coefficient (Wildman–Crippen LogP) is 2.36. The van der Waals surface area contributed by atoms with Crippen molar-refractivity contribution in [2.24, 2.45) is 18.9 Å². The molecule has 1 aromatic heterocycles. The fourth-order valence-electron chi connectivity index (χ4n) is 2.58. The second kappa shape index (κ2) is 4.81. The van der Waals surface area contributed by atoms with E-state index >= 15 is 0 Å². The second-order valence-electron chi connectivity index (χ2n) is 5.03. The van der Waals surface area contributed by atoms with Crippen LogP contribution in [-0.2, 0) is 18.3 Å². The summed E-state index contributed by atoms with van der Waals surface area (Å²) in [6.07, 6.45) is 6.73. The summed E-state index contributed by atoms with van der Waals surface area (Å²) in [7, 11) is 1.96. The van der Waals surface area contributed by atoms with Gasteiger partial charge in [-0.25, -0.2) is 0 Å². The Morgan fingerprint density at radius 3 is 3.06 bits per heavy atom. The van der Waals surface area contributed by atoms with Crippen LogP contribution in [0.5, 0.6) is 0 Å². The Kier molecular flexibility index (Phi) is 3.42. The monoisotopic (exact) mass is 220 g/mol. The number of ketones is 1. The van der Waals surface area contributed by atoms with Gasteiger partial charge in [0.25, 0.3) is 0 Å². The van der Waals surface area contributed by atoms with Crippen LogP contribution in [-0.4, -0.2) is 15.6 Å². The number of aryl methyl sites for hydroxylation is 2. The molecule has 2 atom stereocenters. The van der Waals surface area contributed by atoms with Crippen molar-refractivity contribution in [2.75, 3.05) is 0 Å². The Labute approximate surface area is 96.8 Å². The van der Waals surface area contributed by atoms with E-state index in [-0.39, 0.29) is 0 Å². The number of hydrogen-bond acceptors (Lipinski definition) is 2. The van der Waals surface area contributed by atoms with Crippen molar-refractivity contribution >= 4 is 5.78 Å². The van der Waals surface area contributed by atoms with Crippen LogP contribution in [0.15, 0.2) is 12.3 Å². The van der Waals surface area contributed by atoms with E-state index in [9.17, 15) is 4.79 Å². The lowest BCUT2D eigenvalue weighted by molar-refractivity contribution is -0.125. The van der Waals surface area contributed by atoms with Crippen LogP contribution < -0.4 is 0 Å². The molecule has 0 radical (unpaired) electrons. The van der Waals surface area contributed by atoms with Crippen molar-refractivity contribution in [3.05, 3.63) is 18.0 Å². The molecule has 0 bridgehead atoms. The van der Waals surface area contributed by atoms with Gasteiger partial charge in [-0.3, -0.25) is 9.48 Å². The first-order valence-electron chi connectivity index (χ1n) is 6.16. The summed E-state index contributed by atoms with van der Waals surface area (Å²) in [4.78, 5) is 11.8. The van der Waals surface area contributed by atoms with Crippen molar-refractivity contribution in [1.29, 1.82) is 0 Å². The van der Waals surface area contributed by atoms with Crippen molar-refractivity contribution in [3.8, 4) is 0 Å². The van der Waals surface area contributed by atoms with E-state index in [0.717, 1.165) is 32.1 Å². The molecule has 0 aliphatic heterocycles. The minimum atomic E-state index is 0.290. The number of hydrogen-bond donors (Lipinski definition) is 0. The molecule has 1 aliphatic rings. The number of carbonyl (C=O) groups excluding carboxylic acids is 1. The van der Waals surface area contributed by atoms with Crippen LogP contribution in [0.2, 0.25) is 0 Å². The van der Waals surface area contributed by atoms with Crippen molar-refractivity contribution in [3.63, 3.8) is 0 Å². The summed E-state index contributed by atoms with van der Waals surface area (Å²) in [5.41, 5.74) is 1.23. The van der Waals surface area contributed by atoms with Gasteiger partial charge in [-0.1, -0.05) is 6.92 Å². The maximum Gasteiger partial charge on any atom is 0.136 e. The third-order valence-electron chi connectivity index (χ3n) is 3.70. The van der Waals surface area contributed by atoms with Gasteiger partial charge in [0.15, 0.2) is 0 Å². The SMILES string of the molecule is CC1CCC(=O)C(CCc2ccnn2C)C1. The Hall–Kier alpha value is -1.12. The largest absolute Gasteiger partial charge is 0.299 e. The number of aromatic nitrogens is 2. The maximum atomic E-state index is 11.8. The molecule has 16 heavy (non-hydrogen) atoms. The molecule has 0 amide bonds. The highest BCUT2D eigenvalue weighted by molar-refractivity contribution is 5.81. The van der Waals surface area contributed by atoms with E-state index in [1.807, 2.05) is 24.0 Å². The van der Waals surface area contributed by atoms with Gasteiger partial charge >= 0.3 is 0 Å². The lowest BCUT2D eigenvalue weighted by Gasteiger charge is -2.25. The van der Waals surface area contributed by atoms with Gasteiger partial charge < -0.3 is 0 Å². The second-order valence-corrected chi connectivity index (χ2v) is 5.03. The first-order chi connectivity index (χ1) is 7.66. The first kappa shape index (κ1) is 11.4. The fraction of sp³-hybridized carbons (Fsp3) is 0.692. The van der Waals surface area contributed by atoms with Crippen molar-refractivity contribution in [1.82, 2.24) is 9.78 Å². The highest BCUT2D eigenvalue weighted by atomic mass is 16.1. The van der Waals surface area contributed by atoms with Crippen molar-refractivity contribution < 1.29 is 4.79 Å². The minimum absolute atomic E-state index is 0.290. The van der Waals surface area contributed by atoms with E-state index in [0.29, 0.717) is 17.6 Å². The first-order valence-corrected chi connectivity index (χ1v) is 6.16. The van der Waals surface area contributed by atoms with Crippen molar-refractivity contribution in [2.45, 2.75) is 39.0 Å². The van der Waals surface area contributed by atoms with Crippen LogP contribution in [0.3, 0.4) is 0 Å². The van der Waals surface area contributed by atoms with E-state index in [1.165, 1.54) is 5.69 Å². The Bertz CT molecular complexity index is 370. The highest BCUT2D eigenvalue weighted by Gasteiger charge is 2.26. The lowest BCUT2D eigenvalue weighted by atomic mass is 9.79. The molecule has 88 valence electrons. The van der Waals surface area contributed by atoms with Gasteiger partial charge in [0.2, 0.25) is 0 Å². The average molecular weight is 220 g/mol. The smallest absolute Gasteiger partial charge is 0.136 e. The Morgan fingerprint density at radius 1 is 1.56 bits per heavy atom. The number of Topliss-reactive ketones (excluding diaryl/α,β-unsaturated/α-hetero) is 1. The van der Waals surface area contributed by atoms with Gasteiger partial charge in [-0.05, 0) is 37.7 Å². The molecule has 3 nitrogen and oxygen atoms in total. The zero-order valence-electron chi connectivity index (χ0n) is 10.1. The van der Waals surface area contributed by atoms with Gasteiger partial charge in [0, 0.05) is 31.3 Å². The van der Waals surface area contributed by atoms with Crippen LogP contribution in [0.1, 0.15) is 38.3 Å². The van der Waals surface area contributed by atoms with E-state index in [4.69, 9.17) is 0 Å². The van der Waals surface area contributed by atoms with Gasteiger partial charge in [-0.15, -0.1) is 0 Å². The molecule has 1 aromatic rings. The fourth-order valence-corrected chi connectivity index (χ4v) is 2.58. The predicted molar refractivity (Wildman–Crippen MR) is 63.0 cm³/mol. The molecule has 1 fully saturated rings. The highest BCUT2D eigenvalue weighted by Crippen LogP contribution is 2.28. The molecule has 2 rings (SSSR count). The molecule has 0 N–H and O–H groups in total. The Balaban J connectivity index is 1.89. The van der Waals surface area contributed by atoms with E-state index in [2.05, 4.69) is 12.0 Å². The molecule has 0 spiro atoms. The number of nitrogens with zero attached hydrogens (tertiary/aromatic N) is 2. The molecule has 1 aliphatic carbocycles. The third-order valence-corrected chi connectivity index (χ3v) is 3.70. The molecular weight excluding hydrogens is 200 g/mol. The van der Waals surface area contributed by atoms with E-state index in [1.54, 1.807) is 0 Å². The van der Waals surface area contributed by atoms with E-state index < -0.39 is 0 Å². The molecule has 1 heterocycles. The summed E-state index contributed by atoms with van der Waals surface area (Å²) in [5, 5.41) is 4.15. The Morgan fingerprint density at radius 2 is 2.38 bits per heavy atom. The molecule has 0 aromatic carbocycles. The van der Waals surface area contributed by atoms with Gasteiger partial charge in [0.1, 0.15) is 5.78 Å². The molecule has 2 unspecified atom stereocenters. The third kappa shape index (κ3) is 2.52. The molecule has 1 saturated carbocycles. The normalized spacial score (nSPS) is 26.0. The van der Waals surface area contributed by atoms with Gasteiger partial charge in [0.05, 0.1) is 0 Å². The lowest BCUT2D eigenvalue weighted by Crippen LogP contribution is -2.24. The summed E-state index contributed by atoms with van der Waals surface area (Å²) < 4.78 is 1.90. The topological polar surface area (TPSA) is 34.9 Å². The number of carbonyl (C=O) groups is 1. The molecule has 3 heteroatoms. The molecule has 0 saturated heterocycles. The summed E-state index contributed by atoms with van der Waals surface area (Å²) >= 11 is 0. The zero-order valence-corrected chi connectivity index (χ0v) is 10.1. The number of rotatable bonds is 3. The van der Waals surface area contributed by atoms with Crippen LogP contribution in [0, 0.1) is 11.8 Å². The molecular formula is C13H20N2O. The summed E-state index contributed by atoms with van der Waals surface area (Å²) in [6.45, 7) is 2.25. The average Bonchev–Trinajstić information content (AvgIpc) is 2.66. The van der Waals surface area contributed by atoms with Crippen LogP contribution >= 0.6 is 0 Å². The quantitative estimate of drug-likeness (QED) is 0.783. The minimum Gasteiger partial charge on any atom is -0.299 e. The van der Waals surface area contributed by atoms with Crippen LogP contribution in [0.25, 0.3) is 0 Å².